The first kappa shape index (κ1) is 13.3. The van der Waals surface area contributed by atoms with Crippen LogP contribution in [0.4, 0.5) is 0 Å². The molecule has 1 heterocycles. The van der Waals surface area contributed by atoms with Crippen molar-refractivity contribution in [2.45, 2.75) is 26.3 Å². The highest BCUT2D eigenvalue weighted by Gasteiger charge is 2.15. The fourth-order valence-corrected chi connectivity index (χ4v) is 2.11. The number of nitrogens with zero attached hydrogens (tertiary/aromatic N) is 1. The minimum Gasteiger partial charge on any atom is -0.465 e. The fraction of sp³-hybridized carbons (Fsp3) is 0.333. The Labute approximate surface area is 111 Å². The van der Waals surface area contributed by atoms with E-state index in [-0.39, 0.29) is 11.0 Å². The van der Waals surface area contributed by atoms with Crippen LogP contribution in [0.3, 0.4) is 0 Å². The second kappa shape index (κ2) is 5.69. The van der Waals surface area contributed by atoms with Crippen molar-refractivity contribution >= 4 is 16.9 Å². The zero-order valence-corrected chi connectivity index (χ0v) is 11.2. The van der Waals surface area contributed by atoms with Crippen LogP contribution in [-0.2, 0) is 11.3 Å². The Bertz CT molecular complexity index is 658. The van der Waals surface area contributed by atoms with Crippen LogP contribution in [0.2, 0.25) is 0 Å². The molecule has 0 amide bonds. The Morgan fingerprint density at radius 2 is 2.05 bits per heavy atom. The molecule has 0 aliphatic rings. The summed E-state index contributed by atoms with van der Waals surface area (Å²) in [6.07, 6.45) is 3.65. The van der Waals surface area contributed by atoms with E-state index in [2.05, 4.69) is 11.7 Å². The molecule has 0 fully saturated rings. The smallest absolute Gasteiger partial charge is 0.343 e. The molecule has 4 heteroatoms. The molecular formula is C15H17NO3. The second-order valence-corrected chi connectivity index (χ2v) is 4.43. The number of esters is 1. The van der Waals surface area contributed by atoms with Crippen molar-refractivity contribution in [3.8, 4) is 0 Å². The van der Waals surface area contributed by atoms with Crippen molar-refractivity contribution in [2.75, 3.05) is 7.11 Å². The molecule has 0 unspecified atom stereocenters. The van der Waals surface area contributed by atoms with Gasteiger partial charge in [0, 0.05) is 18.1 Å². The molecule has 2 aromatic rings. The third-order valence-corrected chi connectivity index (χ3v) is 3.15. The summed E-state index contributed by atoms with van der Waals surface area (Å²) in [6, 6.07) is 7.33. The number of carbonyl (C=O) groups is 1. The Hall–Kier alpha value is -2.10. The average molecular weight is 259 g/mol. The van der Waals surface area contributed by atoms with Gasteiger partial charge in [-0.15, -0.1) is 0 Å². The van der Waals surface area contributed by atoms with Gasteiger partial charge < -0.3 is 9.30 Å². The van der Waals surface area contributed by atoms with Crippen LogP contribution in [0.15, 0.2) is 35.3 Å². The number of para-hydroxylation sites is 1. The van der Waals surface area contributed by atoms with E-state index in [1.165, 1.54) is 7.11 Å². The number of rotatable bonds is 4. The summed E-state index contributed by atoms with van der Waals surface area (Å²) in [5, 5.41) is 0.557. The van der Waals surface area contributed by atoms with Gasteiger partial charge in [0.2, 0.25) is 5.43 Å². The lowest BCUT2D eigenvalue weighted by molar-refractivity contribution is 0.0598. The van der Waals surface area contributed by atoms with E-state index in [0.717, 1.165) is 24.9 Å². The van der Waals surface area contributed by atoms with Gasteiger partial charge in [-0.1, -0.05) is 25.5 Å². The fourth-order valence-electron chi connectivity index (χ4n) is 2.11. The normalized spacial score (nSPS) is 10.6. The zero-order valence-electron chi connectivity index (χ0n) is 11.2. The number of aryl methyl sites for hydroxylation is 1. The molecule has 0 saturated carbocycles. The van der Waals surface area contributed by atoms with E-state index in [9.17, 15) is 9.59 Å². The third kappa shape index (κ3) is 2.52. The number of fused-ring (bicyclic) bond motifs is 1. The van der Waals surface area contributed by atoms with Gasteiger partial charge in [-0.05, 0) is 18.6 Å². The van der Waals surface area contributed by atoms with Crippen LogP contribution in [0.5, 0.6) is 0 Å². The van der Waals surface area contributed by atoms with Crippen LogP contribution < -0.4 is 5.43 Å². The molecule has 19 heavy (non-hydrogen) atoms. The summed E-state index contributed by atoms with van der Waals surface area (Å²) < 4.78 is 6.62. The highest BCUT2D eigenvalue weighted by molar-refractivity contribution is 5.93. The maximum Gasteiger partial charge on any atom is 0.343 e. The van der Waals surface area contributed by atoms with Crippen LogP contribution in [0, 0.1) is 0 Å². The van der Waals surface area contributed by atoms with Crippen molar-refractivity contribution in [3.63, 3.8) is 0 Å². The van der Waals surface area contributed by atoms with Crippen molar-refractivity contribution in [2.24, 2.45) is 0 Å². The van der Waals surface area contributed by atoms with Crippen molar-refractivity contribution in [1.82, 2.24) is 4.57 Å². The number of hydrogen-bond donors (Lipinski definition) is 0. The van der Waals surface area contributed by atoms with Gasteiger partial charge >= 0.3 is 5.97 Å². The van der Waals surface area contributed by atoms with Gasteiger partial charge in [-0.2, -0.15) is 0 Å². The molecule has 100 valence electrons. The van der Waals surface area contributed by atoms with Crippen molar-refractivity contribution < 1.29 is 9.53 Å². The number of methoxy groups -OCH3 is 1. The lowest BCUT2D eigenvalue weighted by atomic mass is 10.1. The maximum absolute atomic E-state index is 12.2. The SMILES string of the molecule is CCCCn1cc(C(=O)OC)c(=O)c2ccccc21. The number of hydrogen-bond acceptors (Lipinski definition) is 3. The third-order valence-electron chi connectivity index (χ3n) is 3.15. The minimum absolute atomic E-state index is 0.0947. The predicted molar refractivity (Wildman–Crippen MR) is 74.5 cm³/mol. The number of carbonyl (C=O) groups excluding carboxylic acids is 1. The molecule has 2 rings (SSSR count). The van der Waals surface area contributed by atoms with E-state index in [0.29, 0.717) is 5.39 Å². The molecule has 0 aliphatic carbocycles. The van der Waals surface area contributed by atoms with Crippen LogP contribution in [0.25, 0.3) is 10.9 Å². The number of pyridine rings is 1. The van der Waals surface area contributed by atoms with E-state index >= 15 is 0 Å². The quantitative estimate of drug-likeness (QED) is 0.793. The Kier molecular flexibility index (Phi) is 4.00. The van der Waals surface area contributed by atoms with Crippen molar-refractivity contribution in [1.29, 1.82) is 0 Å². The molecule has 0 N–H and O–H groups in total. The monoisotopic (exact) mass is 259 g/mol. The van der Waals surface area contributed by atoms with Gasteiger partial charge in [0.15, 0.2) is 0 Å². The van der Waals surface area contributed by atoms with E-state index in [1.54, 1.807) is 18.3 Å². The van der Waals surface area contributed by atoms with Crippen molar-refractivity contribution in [3.05, 3.63) is 46.2 Å². The molecule has 0 aliphatic heterocycles. The minimum atomic E-state index is -0.582. The Morgan fingerprint density at radius 3 is 2.74 bits per heavy atom. The van der Waals surface area contributed by atoms with Crippen LogP contribution in [0.1, 0.15) is 30.1 Å². The van der Waals surface area contributed by atoms with Gasteiger partial charge in [0.05, 0.1) is 12.6 Å². The molecule has 0 saturated heterocycles. The number of aromatic nitrogens is 1. The maximum atomic E-state index is 12.2. The number of benzene rings is 1. The lowest BCUT2D eigenvalue weighted by Crippen LogP contribution is -2.20. The summed E-state index contributed by atoms with van der Waals surface area (Å²) in [6.45, 7) is 2.88. The molecule has 1 aromatic heterocycles. The summed E-state index contributed by atoms with van der Waals surface area (Å²) in [5.74, 6) is -0.582. The summed E-state index contributed by atoms with van der Waals surface area (Å²) in [4.78, 5) is 23.9. The molecule has 0 spiro atoms. The van der Waals surface area contributed by atoms with Gasteiger partial charge in [0.25, 0.3) is 0 Å². The Morgan fingerprint density at radius 1 is 1.32 bits per heavy atom. The van der Waals surface area contributed by atoms with Crippen LogP contribution in [-0.4, -0.2) is 17.6 Å². The first-order chi connectivity index (χ1) is 9.19. The summed E-state index contributed by atoms with van der Waals surface area (Å²) in [5.41, 5.74) is 0.682. The van der Waals surface area contributed by atoms with E-state index in [1.807, 2.05) is 16.7 Å². The number of ether oxygens (including phenoxy) is 1. The molecule has 0 atom stereocenters. The summed E-state index contributed by atoms with van der Waals surface area (Å²) >= 11 is 0. The zero-order chi connectivity index (χ0) is 13.8. The molecular weight excluding hydrogens is 242 g/mol. The summed E-state index contributed by atoms with van der Waals surface area (Å²) in [7, 11) is 1.29. The molecule has 4 nitrogen and oxygen atoms in total. The molecule has 0 bridgehead atoms. The molecule has 1 aromatic carbocycles. The van der Waals surface area contributed by atoms with Gasteiger partial charge in [-0.3, -0.25) is 4.79 Å². The topological polar surface area (TPSA) is 48.3 Å². The first-order valence-electron chi connectivity index (χ1n) is 6.39. The highest BCUT2D eigenvalue weighted by Crippen LogP contribution is 2.13. The lowest BCUT2D eigenvalue weighted by Gasteiger charge is -2.12. The largest absolute Gasteiger partial charge is 0.465 e. The molecule has 0 radical (unpaired) electrons. The average Bonchev–Trinajstić information content (AvgIpc) is 2.46. The van der Waals surface area contributed by atoms with E-state index < -0.39 is 5.97 Å². The Balaban J connectivity index is 2.68. The number of unbranched alkanes of at least 4 members (excludes halogenated alkanes) is 1. The first-order valence-corrected chi connectivity index (χ1v) is 6.39. The highest BCUT2D eigenvalue weighted by atomic mass is 16.5. The van der Waals surface area contributed by atoms with Gasteiger partial charge in [0.1, 0.15) is 5.56 Å². The predicted octanol–water partition coefficient (Wildman–Crippen LogP) is 2.59. The van der Waals surface area contributed by atoms with Gasteiger partial charge in [-0.25, -0.2) is 4.79 Å². The standard InChI is InChI=1S/C15H17NO3/c1-3-4-9-16-10-12(15(18)19-2)14(17)11-7-5-6-8-13(11)16/h5-8,10H,3-4,9H2,1-2H3. The van der Waals surface area contributed by atoms with Crippen LogP contribution >= 0.6 is 0 Å². The van der Waals surface area contributed by atoms with E-state index in [4.69, 9.17) is 0 Å². The second-order valence-electron chi connectivity index (χ2n) is 4.43.